The molecule has 1 aromatic carbocycles. The van der Waals surface area contributed by atoms with Gasteiger partial charge in [-0.05, 0) is 32.9 Å². The monoisotopic (exact) mass is 354 g/mol. The van der Waals surface area contributed by atoms with Crippen molar-refractivity contribution in [1.82, 2.24) is 5.32 Å². The Morgan fingerprint density at radius 1 is 1.44 bits per heavy atom. The first-order chi connectivity index (χ1) is 11.5. The van der Waals surface area contributed by atoms with Gasteiger partial charge >= 0.3 is 12.1 Å². The number of ether oxygens (including phenoxy) is 2. The normalized spacial score (nSPS) is 17.6. The van der Waals surface area contributed by atoms with Crippen LogP contribution in [0.4, 0.5) is 14.9 Å². The van der Waals surface area contributed by atoms with Crippen LogP contribution in [0.3, 0.4) is 0 Å². The fourth-order valence-corrected chi connectivity index (χ4v) is 2.16. The molecular weight excluding hydrogens is 335 g/mol. The molecule has 0 radical (unpaired) electrons. The number of carboxylic acids is 1. The van der Waals surface area contributed by atoms with Crippen LogP contribution >= 0.6 is 0 Å². The van der Waals surface area contributed by atoms with Gasteiger partial charge in [0.05, 0.1) is 5.69 Å². The van der Waals surface area contributed by atoms with E-state index < -0.39 is 41.5 Å². The topological polar surface area (TPSA) is 114 Å². The first kappa shape index (κ1) is 18.5. The van der Waals surface area contributed by atoms with Crippen LogP contribution in [0.5, 0.6) is 5.75 Å². The van der Waals surface area contributed by atoms with Crippen molar-refractivity contribution in [2.24, 2.45) is 0 Å². The molecule has 2 amide bonds. The molecule has 1 aliphatic heterocycles. The van der Waals surface area contributed by atoms with E-state index in [-0.39, 0.29) is 17.9 Å². The second kappa shape index (κ2) is 6.96. The molecule has 1 aliphatic rings. The van der Waals surface area contributed by atoms with Crippen LogP contribution in [-0.2, 0) is 14.3 Å². The van der Waals surface area contributed by atoms with Crippen molar-refractivity contribution in [2.75, 3.05) is 5.32 Å². The Morgan fingerprint density at radius 3 is 2.72 bits per heavy atom. The number of carboxylic acid groups (broad SMARTS) is 1. The highest BCUT2D eigenvalue weighted by Gasteiger charge is 2.34. The van der Waals surface area contributed by atoms with Crippen molar-refractivity contribution in [2.45, 2.75) is 44.9 Å². The summed E-state index contributed by atoms with van der Waals surface area (Å²) in [6.07, 6.45) is -2.40. The van der Waals surface area contributed by atoms with Gasteiger partial charge in [-0.3, -0.25) is 4.79 Å². The Kier molecular flexibility index (Phi) is 5.15. The lowest BCUT2D eigenvalue weighted by molar-refractivity contribution is -0.140. The van der Waals surface area contributed by atoms with E-state index in [1.54, 1.807) is 20.8 Å². The molecule has 8 nitrogen and oxygen atoms in total. The van der Waals surface area contributed by atoms with Gasteiger partial charge in [-0.25, -0.2) is 14.0 Å². The fourth-order valence-electron chi connectivity index (χ4n) is 2.16. The summed E-state index contributed by atoms with van der Waals surface area (Å²) in [5.41, 5.74) is -0.636. The van der Waals surface area contributed by atoms with Crippen molar-refractivity contribution in [3.05, 3.63) is 24.0 Å². The number of hydrogen-bond acceptors (Lipinski definition) is 5. The molecule has 0 saturated carbocycles. The number of alkyl carbamates (subject to hydrolysis) is 1. The van der Waals surface area contributed by atoms with Crippen LogP contribution in [-0.4, -0.2) is 40.8 Å². The second-order valence-electron chi connectivity index (χ2n) is 6.51. The summed E-state index contributed by atoms with van der Waals surface area (Å²) in [6, 6.07) is 2.18. The van der Waals surface area contributed by atoms with Crippen LogP contribution in [0.25, 0.3) is 0 Å². The standard InChI is InChI=1S/C16H19FN2O6/c1-16(2,3)25-15(23)19-10(14(21)22)7-12-13(20)18-9-6-8(17)4-5-11(9)24-12/h4-6,10,12H,7H2,1-3H3,(H,18,20)(H,19,23)(H,21,22). The van der Waals surface area contributed by atoms with Crippen molar-refractivity contribution in [1.29, 1.82) is 0 Å². The maximum atomic E-state index is 13.2. The lowest BCUT2D eigenvalue weighted by Crippen LogP contribution is -2.48. The molecule has 0 fully saturated rings. The molecule has 9 heteroatoms. The second-order valence-corrected chi connectivity index (χ2v) is 6.51. The molecule has 136 valence electrons. The third-order valence-corrected chi connectivity index (χ3v) is 3.20. The van der Waals surface area contributed by atoms with Crippen molar-refractivity contribution in [3.8, 4) is 5.75 Å². The molecule has 25 heavy (non-hydrogen) atoms. The van der Waals surface area contributed by atoms with E-state index >= 15 is 0 Å². The number of fused-ring (bicyclic) bond motifs is 1. The Morgan fingerprint density at radius 2 is 2.12 bits per heavy atom. The summed E-state index contributed by atoms with van der Waals surface area (Å²) in [6.45, 7) is 4.91. The van der Waals surface area contributed by atoms with Crippen LogP contribution in [0.1, 0.15) is 27.2 Å². The fraction of sp³-hybridized carbons (Fsp3) is 0.438. The smallest absolute Gasteiger partial charge is 0.408 e. The Bertz CT molecular complexity index is 700. The van der Waals surface area contributed by atoms with E-state index in [0.29, 0.717) is 0 Å². The number of benzene rings is 1. The predicted molar refractivity (Wildman–Crippen MR) is 84.9 cm³/mol. The van der Waals surface area contributed by atoms with Crippen molar-refractivity contribution >= 4 is 23.7 Å². The lowest BCUT2D eigenvalue weighted by Gasteiger charge is -2.28. The number of anilines is 1. The van der Waals surface area contributed by atoms with Crippen LogP contribution in [0.2, 0.25) is 0 Å². The van der Waals surface area contributed by atoms with E-state index in [0.717, 1.165) is 12.1 Å². The van der Waals surface area contributed by atoms with Crippen LogP contribution in [0, 0.1) is 5.82 Å². The van der Waals surface area contributed by atoms with E-state index in [4.69, 9.17) is 9.47 Å². The van der Waals surface area contributed by atoms with E-state index in [2.05, 4.69) is 10.6 Å². The SMILES string of the molecule is CC(C)(C)OC(=O)NC(CC1Oc2ccc(F)cc2NC1=O)C(=O)O. The highest BCUT2D eigenvalue weighted by Crippen LogP contribution is 2.31. The maximum absolute atomic E-state index is 13.2. The summed E-state index contributed by atoms with van der Waals surface area (Å²) >= 11 is 0. The molecule has 0 bridgehead atoms. The van der Waals surface area contributed by atoms with E-state index in [9.17, 15) is 23.9 Å². The number of hydrogen-bond donors (Lipinski definition) is 3. The third kappa shape index (κ3) is 5.07. The zero-order chi connectivity index (χ0) is 18.8. The van der Waals surface area contributed by atoms with Gasteiger partial charge < -0.3 is 25.2 Å². The summed E-state index contributed by atoms with van der Waals surface area (Å²) in [4.78, 5) is 35.2. The number of halogens is 1. The zero-order valence-electron chi connectivity index (χ0n) is 14.0. The molecule has 2 rings (SSSR count). The first-order valence-corrected chi connectivity index (χ1v) is 7.54. The lowest BCUT2D eigenvalue weighted by atomic mass is 10.1. The Hall–Kier alpha value is -2.84. The van der Waals surface area contributed by atoms with Crippen molar-refractivity contribution < 1.29 is 33.4 Å². The molecule has 1 heterocycles. The molecule has 0 aliphatic carbocycles. The van der Waals surface area contributed by atoms with E-state index in [1.165, 1.54) is 6.07 Å². The van der Waals surface area contributed by atoms with Gasteiger partial charge in [0.15, 0.2) is 6.10 Å². The Balaban J connectivity index is 2.07. The third-order valence-electron chi connectivity index (χ3n) is 3.20. The van der Waals surface area contributed by atoms with E-state index in [1.807, 2.05) is 0 Å². The summed E-state index contributed by atoms with van der Waals surface area (Å²) < 4.78 is 23.6. The molecule has 0 aromatic heterocycles. The Labute approximate surface area is 143 Å². The van der Waals surface area contributed by atoms with Crippen LogP contribution in [0.15, 0.2) is 18.2 Å². The quantitative estimate of drug-likeness (QED) is 0.761. The predicted octanol–water partition coefficient (Wildman–Crippen LogP) is 1.89. The van der Waals surface area contributed by atoms with Gasteiger partial charge in [-0.15, -0.1) is 0 Å². The van der Waals surface area contributed by atoms with Gasteiger partial charge in [0.1, 0.15) is 23.2 Å². The minimum atomic E-state index is -1.40. The molecule has 2 unspecified atom stereocenters. The minimum Gasteiger partial charge on any atom is -0.480 e. The highest BCUT2D eigenvalue weighted by molar-refractivity contribution is 5.98. The number of rotatable bonds is 4. The van der Waals surface area contributed by atoms with Gasteiger partial charge in [-0.2, -0.15) is 0 Å². The summed E-state index contributed by atoms with van der Waals surface area (Å²) in [5.74, 6) is -2.30. The van der Waals surface area contributed by atoms with Gasteiger partial charge in [0.2, 0.25) is 0 Å². The molecule has 2 atom stereocenters. The number of carbonyl (C=O) groups excluding carboxylic acids is 2. The zero-order valence-corrected chi connectivity index (χ0v) is 14.0. The van der Waals surface area contributed by atoms with Gasteiger partial charge in [0.25, 0.3) is 5.91 Å². The molecule has 1 aromatic rings. The maximum Gasteiger partial charge on any atom is 0.408 e. The van der Waals surface area contributed by atoms with Crippen molar-refractivity contribution in [3.63, 3.8) is 0 Å². The summed E-state index contributed by atoms with van der Waals surface area (Å²) in [5, 5.41) is 13.9. The number of nitrogens with one attached hydrogen (secondary N) is 2. The highest BCUT2D eigenvalue weighted by atomic mass is 19.1. The minimum absolute atomic E-state index is 0.160. The molecule has 3 N–H and O–H groups in total. The average Bonchev–Trinajstić information content (AvgIpc) is 2.45. The first-order valence-electron chi connectivity index (χ1n) is 7.54. The number of carbonyl (C=O) groups is 3. The number of amides is 2. The average molecular weight is 354 g/mol. The van der Waals surface area contributed by atoms with Crippen LogP contribution < -0.4 is 15.4 Å². The molecule has 0 saturated heterocycles. The molecular formula is C16H19FN2O6. The number of aliphatic carboxylic acids is 1. The molecule has 0 spiro atoms. The largest absolute Gasteiger partial charge is 0.480 e. The summed E-state index contributed by atoms with van der Waals surface area (Å²) in [7, 11) is 0. The van der Waals surface area contributed by atoms with Gasteiger partial charge in [0, 0.05) is 12.5 Å². The van der Waals surface area contributed by atoms with Gasteiger partial charge in [-0.1, -0.05) is 0 Å².